The van der Waals surface area contributed by atoms with Gasteiger partial charge in [-0.1, -0.05) is 55.8 Å². The smallest absolute Gasteiger partial charge is 0.438 e. The summed E-state index contributed by atoms with van der Waals surface area (Å²) in [6.45, 7) is 3.07. The normalized spacial score (nSPS) is 25.2. The van der Waals surface area contributed by atoms with Crippen LogP contribution in [0.1, 0.15) is 62.6 Å². The summed E-state index contributed by atoms with van der Waals surface area (Å²) in [6, 6.07) is 17.5. The molecule has 40 heavy (non-hydrogen) atoms. The molecule has 0 N–H and O–H groups in total. The highest BCUT2D eigenvalue weighted by Crippen LogP contribution is 2.46. The highest BCUT2D eigenvalue weighted by Gasteiger charge is 2.53. The first-order valence-electron chi connectivity index (χ1n) is 14.5. The Morgan fingerprint density at radius 3 is 2.55 bits per heavy atom. The number of thioether (sulfide) groups is 1. The van der Waals surface area contributed by atoms with Crippen molar-refractivity contribution in [2.45, 2.75) is 69.0 Å². The van der Waals surface area contributed by atoms with Crippen molar-refractivity contribution in [1.29, 1.82) is 0 Å². The molecule has 0 bridgehead atoms. The van der Waals surface area contributed by atoms with Gasteiger partial charge in [-0.2, -0.15) is 11.8 Å². The minimum Gasteiger partial charge on any atom is -0.438 e. The Labute approximate surface area is 243 Å². The van der Waals surface area contributed by atoms with E-state index >= 15 is 0 Å². The second-order valence-corrected chi connectivity index (χ2v) is 12.3. The third-order valence-corrected chi connectivity index (χ3v) is 9.47. The van der Waals surface area contributed by atoms with E-state index in [1.807, 2.05) is 30.6 Å². The van der Waals surface area contributed by atoms with E-state index in [1.54, 1.807) is 23.9 Å². The fourth-order valence-corrected chi connectivity index (χ4v) is 7.66. The molecule has 2 aromatic rings. The van der Waals surface area contributed by atoms with Gasteiger partial charge in [-0.15, -0.1) is 0 Å². The van der Waals surface area contributed by atoms with Gasteiger partial charge in [-0.3, -0.25) is 0 Å². The number of halogens is 1. The van der Waals surface area contributed by atoms with E-state index in [0.717, 1.165) is 56.4 Å². The van der Waals surface area contributed by atoms with E-state index in [9.17, 15) is 9.18 Å². The lowest BCUT2D eigenvalue weighted by Gasteiger charge is -2.44. The van der Waals surface area contributed by atoms with Gasteiger partial charge < -0.3 is 19.3 Å². The Morgan fingerprint density at radius 2 is 1.90 bits per heavy atom. The maximum Gasteiger partial charge on any atom is 0.510 e. The molecule has 0 saturated heterocycles. The van der Waals surface area contributed by atoms with Gasteiger partial charge in [0.1, 0.15) is 5.82 Å². The summed E-state index contributed by atoms with van der Waals surface area (Å²) in [5.74, 6) is 1.92. The third-order valence-electron chi connectivity index (χ3n) is 8.32. The van der Waals surface area contributed by atoms with Crippen LogP contribution in [0.5, 0.6) is 0 Å². The molecule has 1 saturated carbocycles. The number of unbranched alkanes of at least 4 members (excludes halogenated alkanes) is 1. The molecular weight excluding hydrogens is 525 g/mol. The number of methoxy groups -OCH3 is 1. The molecule has 3 atom stereocenters. The quantitative estimate of drug-likeness (QED) is 0.253. The zero-order chi connectivity index (χ0) is 28.5. The molecule has 1 aliphatic carbocycles. The molecular formula is C32H44FN3O3S. The molecule has 4 rings (SSSR count). The molecule has 2 aromatic carbocycles. The maximum absolute atomic E-state index is 14.1. The number of aliphatic imine (C=N–C) groups is 1. The van der Waals surface area contributed by atoms with Crippen LogP contribution in [0.3, 0.4) is 0 Å². The summed E-state index contributed by atoms with van der Waals surface area (Å²) < 4.78 is 25.2. The van der Waals surface area contributed by atoms with Crippen LogP contribution in [0, 0.1) is 17.7 Å². The summed E-state index contributed by atoms with van der Waals surface area (Å²) >= 11 is 1.74. The second-order valence-electron chi connectivity index (χ2n) is 11.3. The lowest BCUT2D eigenvalue weighted by atomic mass is 9.72. The number of carbonyl (C=O) groups is 1. The van der Waals surface area contributed by atoms with Crippen molar-refractivity contribution < 1.29 is 18.7 Å². The molecule has 6 nitrogen and oxygen atoms in total. The minimum absolute atomic E-state index is 0.0469. The van der Waals surface area contributed by atoms with Crippen molar-refractivity contribution in [2.24, 2.45) is 16.8 Å². The van der Waals surface area contributed by atoms with E-state index in [4.69, 9.17) is 14.5 Å². The maximum atomic E-state index is 14.1. The van der Waals surface area contributed by atoms with Crippen molar-refractivity contribution in [1.82, 2.24) is 9.80 Å². The van der Waals surface area contributed by atoms with Gasteiger partial charge in [0.2, 0.25) is 5.72 Å². The number of carbonyl (C=O) groups excluding carboxylic acids is 1. The van der Waals surface area contributed by atoms with E-state index in [-0.39, 0.29) is 17.9 Å². The van der Waals surface area contributed by atoms with Crippen molar-refractivity contribution in [3.8, 4) is 0 Å². The molecule has 0 aromatic heterocycles. The number of benzene rings is 2. The van der Waals surface area contributed by atoms with Crippen LogP contribution in [-0.4, -0.2) is 67.6 Å². The fourth-order valence-electron chi connectivity index (χ4n) is 6.53. The van der Waals surface area contributed by atoms with Crippen molar-refractivity contribution in [2.75, 3.05) is 33.5 Å². The molecule has 3 unspecified atom stereocenters. The molecule has 1 heterocycles. The second kappa shape index (κ2) is 14.4. The largest absolute Gasteiger partial charge is 0.510 e. The monoisotopic (exact) mass is 569 g/mol. The Hall–Kier alpha value is -2.58. The number of hydrogen-bond donors (Lipinski definition) is 0. The lowest BCUT2D eigenvalue weighted by Crippen LogP contribution is -2.55. The standard InChI is InChI=1S/C32H44FN3O3S/c1-5-6-19-36-23-34-32(39-31(37)38-4,22-40-21-24-11-8-7-9-12-24)30(36)26-17-15-25(16-18-26)29(35(2)3)27-13-10-14-28(33)20-27/h7-14,20,23,25-26,29-30H,5-6,15-19,21-22H2,1-4H3. The first-order valence-corrected chi connectivity index (χ1v) is 15.6. The molecule has 0 amide bonds. The number of hydrogen-bond acceptors (Lipinski definition) is 7. The molecule has 218 valence electrons. The first-order chi connectivity index (χ1) is 19.4. The van der Waals surface area contributed by atoms with Crippen LogP contribution >= 0.6 is 11.8 Å². The molecule has 0 radical (unpaired) electrons. The Bertz CT molecular complexity index is 1110. The average Bonchev–Trinajstić information content (AvgIpc) is 3.30. The predicted molar refractivity (Wildman–Crippen MR) is 161 cm³/mol. The van der Waals surface area contributed by atoms with E-state index < -0.39 is 11.9 Å². The minimum atomic E-state index is -0.999. The summed E-state index contributed by atoms with van der Waals surface area (Å²) in [5.41, 5.74) is 1.26. The summed E-state index contributed by atoms with van der Waals surface area (Å²) in [7, 11) is 5.52. The number of ether oxygens (including phenoxy) is 2. The highest BCUT2D eigenvalue weighted by atomic mass is 32.2. The Kier molecular flexibility index (Phi) is 10.9. The van der Waals surface area contributed by atoms with Crippen LogP contribution < -0.4 is 0 Å². The van der Waals surface area contributed by atoms with Crippen molar-refractivity contribution >= 4 is 24.3 Å². The van der Waals surface area contributed by atoms with Gasteiger partial charge in [0.05, 0.1) is 25.2 Å². The Morgan fingerprint density at radius 1 is 1.15 bits per heavy atom. The van der Waals surface area contributed by atoms with Crippen molar-refractivity contribution in [3.05, 3.63) is 71.5 Å². The highest BCUT2D eigenvalue weighted by molar-refractivity contribution is 7.98. The van der Waals surface area contributed by atoms with Crippen LogP contribution in [0.2, 0.25) is 0 Å². The molecule has 8 heteroatoms. The summed E-state index contributed by atoms with van der Waals surface area (Å²) in [6.07, 6.45) is 7.39. The lowest BCUT2D eigenvalue weighted by molar-refractivity contribution is -0.0579. The van der Waals surface area contributed by atoms with Gasteiger partial charge >= 0.3 is 6.16 Å². The molecule has 0 spiro atoms. The van der Waals surface area contributed by atoms with Crippen molar-refractivity contribution in [3.63, 3.8) is 0 Å². The fraction of sp³-hybridized carbons (Fsp3) is 0.562. The molecule has 2 aliphatic rings. The van der Waals surface area contributed by atoms with Gasteiger partial charge in [0.15, 0.2) is 0 Å². The summed E-state index contributed by atoms with van der Waals surface area (Å²) in [5, 5.41) is 0. The zero-order valence-corrected chi connectivity index (χ0v) is 25.1. The van der Waals surface area contributed by atoms with Crippen LogP contribution in [0.15, 0.2) is 59.6 Å². The topological polar surface area (TPSA) is 54.4 Å². The van der Waals surface area contributed by atoms with E-state index in [2.05, 4.69) is 43.0 Å². The van der Waals surface area contributed by atoms with Gasteiger partial charge in [0.25, 0.3) is 0 Å². The van der Waals surface area contributed by atoms with Gasteiger partial charge in [0, 0.05) is 18.3 Å². The van der Waals surface area contributed by atoms with Gasteiger partial charge in [-0.25, -0.2) is 14.2 Å². The number of rotatable bonds is 12. The van der Waals surface area contributed by atoms with E-state index in [0.29, 0.717) is 17.6 Å². The van der Waals surface area contributed by atoms with Crippen LogP contribution in [-0.2, 0) is 15.2 Å². The molecule has 1 fully saturated rings. The average molecular weight is 570 g/mol. The van der Waals surface area contributed by atoms with Gasteiger partial charge in [-0.05, 0) is 81.3 Å². The molecule has 1 aliphatic heterocycles. The predicted octanol–water partition coefficient (Wildman–Crippen LogP) is 7.16. The van der Waals surface area contributed by atoms with Crippen LogP contribution in [0.4, 0.5) is 9.18 Å². The summed E-state index contributed by atoms with van der Waals surface area (Å²) in [4.78, 5) is 22.0. The third kappa shape index (κ3) is 7.38. The van der Waals surface area contributed by atoms with Crippen LogP contribution in [0.25, 0.3) is 0 Å². The zero-order valence-electron chi connectivity index (χ0n) is 24.3. The SMILES string of the molecule is CCCCN1C=NC(CSCc2ccccc2)(OC(=O)OC)C1C1CCC(C(c2cccc(F)c2)N(C)C)CC1. The van der Waals surface area contributed by atoms with E-state index in [1.165, 1.54) is 18.7 Å². The number of nitrogens with zero attached hydrogens (tertiary/aromatic N) is 3. The first kappa shape index (κ1) is 30.4. The Balaban J connectivity index is 1.54.